The number of nitrogens with one attached hydrogen (secondary N) is 1. The van der Waals surface area contributed by atoms with E-state index in [4.69, 9.17) is 4.42 Å². The first-order valence-corrected chi connectivity index (χ1v) is 10.8. The number of furan rings is 1. The number of benzene rings is 1. The molecule has 160 valence electrons. The largest absolute Gasteiger partial charge is 0.573 e. The number of sulfonamides is 1. The van der Waals surface area contributed by atoms with Gasteiger partial charge in [-0.15, -0.1) is 13.2 Å². The number of hydrogen-bond donors (Lipinski definition) is 1. The van der Waals surface area contributed by atoms with E-state index in [2.05, 4.69) is 21.3 Å². The molecule has 0 unspecified atom stereocenters. The van der Waals surface area contributed by atoms with E-state index < -0.39 is 22.1 Å². The highest BCUT2D eigenvalue weighted by Crippen LogP contribution is 2.28. The lowest BCUT2D eigenvalue weighted by atomic mass is 9.97. The first-order chi connectivity index (χ1) is 13.6. The lowest BCUT2D eigenvalue weighted by Gasteiger charge is -2.35. The van der Waals surface area contributed by atoms with Crippen molar-refractivity contribution in [2.24, 2.45) is 5.92 Å². The molecule has 1 aromatic carbocycles. The number of ether oxygens (including phenoxy) is 1. The van der Waals surface area contributed by atoms with Gasteiger partial charge < -0.3 is 9.15 Å². The molecule has 10 heteroatoms. The molecular formula is C19H23F3N2O4S. The molecule has 2 aromatic rings. The molecule has 1 saturated heterocycles. The van der Waals surface area contributed by atoms with Gasteiger partial charge in [-0.25, -0.2) is 13.1 Å². The number of likely N-dealkylation sites (tertiary alicyclic amines) is 1. The molecule has 0 radical (unpaired) electrons. The van der Waals surface area contributed by atoms with Crippen molar-refractivity contribution in [1.29, 1.82) is 0 Å². The van der Waals surface area contributed by atoms with Crippen molar-refractivity contribution in [2.45, 2.75) is 37.1 Å². The van der Waals surface area contributed by atoms with Gasteiger partial charge in [0.1, 0.15) is 11.5 Å². The number of rotatable bonds is 7. The summed E-state index contributed by atoms with van der Waals surface area (Å²) in [5.41, 5.74) is 0. The van der Waals surface area contributed by atoms with Crippen LogP contribution in [0.1, 0.15) is 31.6 Å². The average Bonchev–Trinajstić information content (AvgIpc) is 3.17. The predicted octanol–water partition coefficient (Wildman–Crippen LogP) is 3.93. The number of halogens is 3. The van der Waals surface area contributed by atoms with Crippen LogP contribution < -0.4 is 9.46 Å². The van der Waals surface area contributed by atoms with Crippen molar-refractivity contribution in [3.05, 3.63) is 48.4 Å². The van der Waals surface area contributed by atoms with E-state index in [0.29, 0.717) is 11.7 Å². The van der Waals surface area contributed by atoms with Gasteiger partial charge in [-0.2, -0.15) is 0 Å². The highest BCUT2D eigenvalue weighted by atomic mass is 32.2. The van der Waals surface area contributed by atoms with Crippen LogP contribution in [0.4, 0.5) is 13.2 Å². The summed E-state index contributed by atoms with van der Waals surface area (Å²) >= 11 is 0. The summed E-state index contributed by atoms with van der Waals surface area (Å²) in [6, 6.07) is 7.39. The fourth-order valence-electron chi connectivity index (χ4n) is 3.32. The van der Waals surface area contributed by atoms with Crippen molar-refractivity contribution in [2.75, 3.05) is 19.6 Å². The van der Waals surface area contributed by atoms with E-state index in [1.807, 2.05) is 0 Å². The predicted molar refractivity (Wildman–Crippen MR) is 99.7 cm³/mol. The molecule has 3 rings (SSSR count). The zero-order valence-corrected chi connectivity index (χ0v) is 16.7. The van der Waals surface area contributed by atoms with E-state index in [-0.39, 0.29) is 17.5 Å². The third-order valence-corrected chi connectivity index (χ3v) is 6.40. The van der Waals surface area contributed by atoms with E-state index in [0.717, 1.165) is 50.2 Å². The normalized spacial score (nSPS) is 17.9. The fraction of sp³-hybridized carbons (Fsp3) is 0.474. The summed E-state index contributed by atoms with van der Waals surface area (Å²) in [7, 11) is -3.91. The molecule has 1 aliphatic heterocycles. The average molecular weight is 432 g/mol. The lowest BCUT2D eigenvalue weighted by molar-refractivity contribution is -0.274. The Morgan fingerprint density at radius 1 is 1.21 bits per heavy atom. The van der Waals surface area contributed by atoms with E-state index in [1.165, 1.54) is 0 Å². The summed E-state index contributed by atoms with van der Waals surface area (Å²) in [4.78, 5) is 2.04. The van der Waals surface area contributed by atoms with Gasteiger partial charge in [-0.05, 0) is 68.2 Å². The maximum Gasteiger partial charge on any atom is 0.573 e. The van der Waals surface area contributed by atoms with Crippen LogP contribution in [0.3, 0.4) is 0 Å². The van der Waals surface area contributed by atoms with Gasteiger partial charge in [0.15, 0.2) is 0 Å². The molecule has 0 spiro atoms. The van der Waals surface area contributed by atoms with Gasteiger partial charge in [-0.3, -0.25) is 4.90 Å². The molecule has 1 atom stereocenters. The molecule has 2 heterocycles. The zero-order chi connectivity index (χ0) is 21.1. The van der Waals surface area contributed by atoms with Gasteiger partial charge in [-0.1, -0.05) is 6.92 Å². The first-order valence-electron chi connectivity index (χ1n) is 9.27. The number of hydrogen-bond acceptors (Lipinski definition) is 5. The summed E-state index contributed by atoms with van der Waals surface area (Å²) in [6.45, 7) is 3.94. The molecule has 29 heavy (non-hydrogen) atoms. The molecule has 0 aliphatic carbocycles. The van der Waals surface area contributed by atoms with Gasteiger partial charge in [0.25, 0.3) is 0 Å². The van der Waals surface area contributed by atoms with Crippen LogP contribution in [-0.4, -0.2) is 39.3 Å². The Labute approximate surface area is 167 Å². The minimum Gasteiger partial charge on any atom is -0.468 e. The topological polar surface area (TPSA) is 71.8 Å². The Hall–Kier alpha value is -2.04. The van der Waals surface area contributed by atoms with Crippen LogP contribution in [0, 0.1) is 5.92 Å². The molecule has 0 amide bonds. The van der Waals surface area contributed by atoms with Crippen molar-refractivity contribution >= 4 is 10.0 Å². The van der Waals surface area contributed by atoms with Crippen LogP contribution in [0.2, 0.25) is 0 Å². The number of alkyl halides is 3. The highest BCUT2D eigenvalue weighted by Gasteiger charge is 2.31. The Balaban J connectivity index is 1.69. The third-order valence-electron chi connectivity index (χ3n) is 4.96. The molecule has 6 nitrogen and oxygen atoms in total. The second-order valence-corrected chi connectivity index (χ2v) is 8.89. The van der Waals surface area contributed by atoms with E-state index in [9.17, 15) is 21.6 Å². The monoisotopic (exact) mass is 432 g/mol. The molecule has 1 aliphatic rings. The molecule has 0 saturated carbocycles. The van der Waals surface area contributed by atoms with E-state index >= 15 is 0 Å². The maximum absolute atomic E-state index is 12.6. The van der Waals surface area contributed by atoms with Gasteiger partial charge >= 0.3 is 6.36 Å². The van der Waals surface area contributed by atoms with Crippen LogP contribution in [-0.2, 0) is 10.0 Å². The standard InChI is InChI=1S/C19H23F3N2O4S/c1-14-8-10-24(11-9-14)17(18-3-2-12-27-18)13-23-29(25,26)16-6-4-15(5-7-16)28-19(20,21)22/h2-7,12,14,17,23H,8-11,13H2,1H3/t17-/m0/s1. The summed E-state index contributed by atoms with van der Waals surface area (Å²) in [6.07, 6.45) is -1.25. The van der Waals surface area contributed by atoms with Crippen molar-refractivity contribution < 1.29 is 30.7 Å². The molecule has 1 N–H and O–H groups in total. The van der Waals surface area contributed by atoms with Crippen LogP contribution in [0.15, 0.2) is 52.0 Å². The second kappa shape index (κ2) is 8.76. The van der Waals surface area contributed by atoms with Crippen molar-refractivity contribution in [3.8, 4) is 5.75 Å². The van der Waals surface area contributed by atoms with Crippen molar-refractivity contribution in [1.82, 2.24) is 9.62 Å². The van der Waals surface area contributed by atoms with Gasteiger partial charge in [0, 0.05) is 6.54 Å². The Kier molecular flexibility index (Phi) is 6.55. The molecule has 1 fully saturated rings. The molecule has 1 aromatic heterocycles. The zero-order valence-electron chi connectivity index (χ0n) is 15.9. The summed E-state index contributed by atoms with van der Waals surface area (Å²) in [5.74, 6) is 0.807. The lowest BCUT2D eigenvalue weighted by Crippen LogP contribution is -2.41. The first kappa shape index (κ1) is 21.7. The Morgan fingerprint density at radius 3 is 2.41 bits per heavy atom. The SMILES string of the molecule is CC1CCN([C@@H](CNS(=O)(=O)c2ccc(OC(F)(F)F)cc2)c2ccco2)CC1. The molecular weight excluding hydrogens is 409 g/mol. The smallest absolute Gasteiger partial charge is 0.468 e. The molecule has 0 bridgehead atoms. The van der Waals surface area contributed by atoms with Crippen LogP contribution in [0.25, 0.3) is 0 Å². The Bertz CT molecular complexity index is 875. The quantitative estimate of drug-likeness (QED) is 0.718. The van der Waals surface area contributed by atoms with Crippen LogP contribution >= 0.6 is 0 Å². The number of nitrogens with zero attached hydrogens (tertiary/aromatic N) is 1. The maximum atomic E-state index is 12.6. The summed E-state index contributed by atoms with van der Waals surface area (Å²) in [5, 5.41) is 0. The minimum absolute atomic E-state index is 0.0883. The summed E-state index contributed by atoms with van der Waals surface area (Å²) < 4.78 is 73.8. The number of piperidine rings is 1. The minimum atomic E-state index is -4.83. The third kappa shape index (κ3) is 5.97. The second-order valence-electron chi connectivity index (χ2n) is 7.12. The Morgan fingerprint density at radius 2 is 1.86 bits per heavy atom. The van der Waals surface area contributed by atoms with Crippen LogP contribution in [0.5, 0.6) is 5.75 Å². The van der Waals surface area contributed by atoms with Crippen molar-refractivity contribution in [3.63, 3.8) is 0 Å². The van der Waals surface area contributed by atoms with Gasteiger partial charge in [0.05, 0.1) is 17.2 Å². The van der Waals surface area contributed by atoms with E-state index in [1.54, 1.807) is 18.4 Å². The highest BCUT2D eigenvalue weighted by molar-refractivity contribution is 7.89. The fourth-order valence-corrected chi connectivity index (χ4v) is 4.36. The van der Waals surface area contributed by atoms with Gasteiger partial charge in [0.2, 0.25) is 10.0 Å².